The smallest absolute Gasteiger partial charge is 0.308 e. The van der Waals surface area contributed by atoms with Gasteiger partial charge in [-0.1, -0.05) is 34.1 Å². The van der Waals surface area contributed by atoms with Crippen LogP contribution in [0.5, 0.6) is 0 Å². The molecule has 2 heterocycles. The van der Waals surface area contributed by atoms with Crippen LogP contribution in [0.2, 0.25) is 0 Å². The largest absolute Gasteiger partial charge is 0.460 e. The zero-order valence-electron chi connectivity index (χ0n) is 28.5. The van der Waals surface area contributed by atoms with Crippen molar-refractivity contribution in [1.82, 2.24) is 4.90 Å². The molecule has 6 nitrogen and oxygen atoms in total. The van der Waals surface area contributed by atoms with Gasteiger partial charge < -0.3 is 14.0 Å². The maximum Gasteiger partial charge on any atom is 0.308 e. The molecule has 6 heteroatoms. The summed E-state index contributed by atoms with van der Waals surface area (Å²) in [6, 6.07) is 0.796. The van der Waals surface area contributed by atoms with Crippen molar-refractivity contribution in [2.75, 3.05) is 32.7 Å². The molecule has 4 saturated carbocycles. The number of ether oxygens (including phenoxy) is 2. The van der Waals surface area contributed by atoms with Crippen molar-refractivity contribution < 1.29 is 23.5 Å². The zero-order chi connectivity index (χ0) is 30.6. The van der Waals surface area contributed by atoms with Crippen molar-refractivity contribution in [3.8, 4) is 0 Å². The van der Waals surface area contributed by atoms with Crippen LogP contribution in [0.3, 0.4) is 0 Å². The first-order chi connectivity index (χ1) is 20.5. The number of likely N-dealkylation sites (tertiary alicyclic amines) is 2. The fourth-order valence-electron chi connectivity index (χ4n) is 12.2. The molecule has 6 fully saturated rings. The molecule has 43 heavy (non-hydrogen) atoms. The zero-order valence-corrected chi connectivity index (χ0v) is 28.5. The Hall–Kier alpha value is -1.14. The van der Waals surface area contributed by atoms with E-state index in [-0.39, 0.29) is 40.9 Å². The lowest BCUT2D eigenvalue weighted by Gasteiger charge is -2.62. The van der Waals surface area contributed by atoms with Gasteiger partial charge in [-0.2, -0.15) is 0 Å². The molecule has 0 aromatic carbocycles. The van der Waals surface area contributed by atoms with Crippen molar-refractivity contribution in [2.24, 2.45) is 40.4 Å². The predicted octanol–water partition coefficient (Wildman–Crippen LogP) is 6.99. The third kappa shape index (κ3) is 5.51. The number of piperidine rings is 2. The Bertz CT molecular complexity index is 1020. The van der Waals surface area contributed by atoms with Gasteiger partial charge in [0.1, 0.15) is 12.1 Å². The van der Waals surface area contributed by atoms with E-state index in [0.717, 1.165) is 26.1 Å². The normalized spacial score (nSPS) is 44.6. The maximum atomic E-state index is 12.9. The Morgan fingerprint density at radius 3 is 2.23 bits per heavy atom. The minimum absolute atomic E-state index is 0.0167. The summed E-state index contributed by atoms with van der Waals surface area (Å²) >= 11 is 0. The molecule has 2 saturated heterocycles. The van der Waals surface area contributed by atoms with Gasteiger partial charge in [0.25, 0.3) is 0 Å². The lowest BCUT2D eigenvalue weighted by Crippen LogP contribution is -2.62. The first kappa shape index (κ1) is 31.8. The predicted molar refractivity (Wildman–Crippen MR) is 170 cm³/mol. The van der Waals surface area contributed by atoms with Crippen LogP contribution in [-0.4, -0.2) is 78.3 Å². The second-order valence-electron chi connectivity index (χ2n) is 16.8. The van der Waals surface area contributed by atoms with Gasteiger partial charge in [-0.25, -0.2) is 0 Å². The monoisotopic (exact) mass is 599 g/mol. The lowest BCUT2D eigenvalue weighted by atomic mass is 9.44. The summed E-state index contributed by atoms with van der Waals surface area (Å²) in [7, 11) is 0. The van der Waals surface area contributed by atoms with E-state index in [9.17, 15) is 9.59 Å². The SMILES string of the molecule is CC[N+]1([C@H]2CC3C4CC[C@H]5C[C@H](OC(=O)C(C)C)[C@@H](N6CCCCC6)C[C@]5(C)C4CC[C@]3(C)[C@H]2OC(C)=O)CCCCC1. The Morgan fingerprint density at radius 2 is 1.58 bits per heavy atom. The molecule has 0 aromatic rings. The van der Waals surface area contributed by atoms with E-state index in [0.29, 0.717) is 35.8 Å². The molecule has 2 aliphatic heterocycles. The van der Waals surface area contributed by atoms with Gasteiger partial charge in [-0.15, -0.1) is 0 Å². The first-order valence-electron chi connectivity index (χ1n) is 18.5. The number of hydrogen-bond donors (Lipinski definition) is 0. The van der Waals surface area contributed by atoms with Gasteiger partial charge in [-0.05, 0) is 120 Å². The summed E-state index contributed by atoms with van der Waals surface area (Å²) in [5.41, 5.74) is 0.360. The Kier molecular flexibility index (Phi) is 9.05. The number of rotatable bonds is 6. The topological polar surface area (TPSA) is 55.8 Å². The quantitative estimate of drug-likeness (QED) is 0.243. The third-order valence-electron chi connectivity index (χ3n) is 14.5. The van der Waals surface area contributed by atoms with Gasteiger partial charge >= 0.3 is 11.9 Å². The van der Waals surface area contributed by atoms with Crippen molar-refractivity contribution in [1.29, 1.82) is 0 Å². The summed E-state index contributed by atoms with van der Waals surface area (Å²) < 4.78 is 14.0. The van der Waals surface area contributed by atoms with Gasteiger partial charge in [0, 0.05) is 24.8 Å². The van der Waals surface area contributed by atoms with Gasteiger partial charge in [0.15, 0.2) is 6.10 Å². The highest BCUT2D eigenvalue weighted by atomic mass is 16.5. The van der Waals surface area contributed by atoms with Gasteiger partial charge in [0.2, 0.25) is 0 Å². The summed E-state index contributed by atoms with van der Waals surface area (Å²) in [4.78, 5) is 28.2. The van der Waals surface area contributed by atoms with E-state index in [4.69, 9.17) is 9.47 Å². The number of hydrogen-bond acceptors (Lipinski definition) is 5. The fraction of sp³-hybridized carbons (Fsp3) is 0.946. The van der Waals surface area contributed by atoms with Crippen LogP contribution in [0.4, 0.5) is 0 Å². The molecule has 3 unspecified atom stereocenters. The van der Waals surface area contributed by atoms with Crippen molar-refractivity contribution in [2.45, 2.75) is 149 Å². The van der Waals surface area contributed by atoms with Crippen LogP contribution < -0.4 is 0 Å². The molecule has 6 aliphatic rings. The number of nitrogens with zero attached hydrogens (tertiary/aromatic N) is 2. The van der Waals surface area contributed by atoms with E-state index in [2.05, 4.69) is 25.7 Å². The summed E-state index contributed by atoms with van der Waals surface area (Å²) in [6.45, 7) is 19.1. The molecular formula is C37H63N2O4+. The van der Waals surface area contributed by atoms with E-state index in [1.165, 1.54) is 94.6 Å². The van der Waals surface area contributed by atoms with E-state index in [1.54, 1.807) is 6.92 Å². The van der Waals surface area contributed by atoms with Crippen molar-refractivity contribution in [3.63, 3.8) is 0 Å². The summed E-state index contributed by atoms with van der Waals surface area (Å²) in [5.74, 6) is 2.51. The number of esters is 2. The second-order valence-corrected chi connectivity index (χ2v) is 16.8. The van der Waals surface area contributed by atoms with E-state index in [1.807, 2.05) is 13.8 Å². The van der Waals surface area contributed by atoms with Crippen molar-refractivity contribution in [3.05, 3.63) is 0 Å². The van der Waals surface area contributed by atoms with E-state index >= 15 is 0 Å². The maximum absolute atomic E-state index is 12.9. The van der Waals surface area contributed by atoms with Crippen LogP contribution in [0.25, 0.3) is 0 Å². The molecule has 6 rings (SSSR count). The fourth-order valence-corrected chi connectivity index (χ4v) is 12.2. The first-order valence-corrected chi connectivity index (χ1v) is 18.5. The Labute approximate surface area is 262 Å². The second kappa shape index (κ2) is 12.2. The molecule has 0 amide bonds. The average molecular weight is 600 g/mol. The molecule has 0 bridgehead atoms. The molecule has 0 radical (unpaired) electrons. The molecular weight excluding hydrogens is 536 g/mol. The van der Waals surface area contributed by atoms with Crippen LogP contribution in [0.1, 0.15) is 125 Å². The molecule has 4 aliphatic carbocycles. The number of carbonyl (C=O) groups is 2. The molecule has 0 N–H and O–H groups in total. The number of carbonyl (C=O) groups excluding carboxylic acids is 2. The van der Waals surface area contributed by atoms with Crippen LogP contribution in [0, 0.1) is 40.4 Å². The van der Waals surface area contributed by atoms with Gasteiger partial charge in [0.05, 0.1) is 25.6 Å². The molecule has 0 spiro atoms. The minimum Gasteiger partial charge on any atom is -0.460 e. The molecule has 244 valence electrons. The van der Waals surface area contributed by atoms with E-state index < -0.39 is 0 Å². The third-order valence-corrected chi connectivity index (χ3v) is 14.5. The molecule has 0 aromatic heterocycles. The van der Waals surface area contributed by atoms with Crippen LogP contribution in [-0.2, 0) is 19.1 Å². The highest BCUT2D eigenvalue weighted by Crippen LogP contribution is 2.68. The Morgan fingerprint density at radius 1 is 0.884 bits per heavy atom. The summed E-state index contributed by atoms with van der Waals surface area (Å²) in [6.07, 6.45) is 16.3. The highest BCUT2D eigenvalue weighted by Gasteiger charge is 2.67. The number of likely N-dealkylation sites (N-methyl/N-ethyl adjacent to an activating group) is 1. The minimum atomic E-state index is -0.0837. The lowest BCUT2D eigenvalue weighted by molar-refractivity contribution is -0.956. The average Bonchev–Trinajstić information content (AvgIpc) is 3.29. The standard InChI is InChI=1S/C37H63N2O4/c1-7-39(20-12-9-13-21-39)32-23-30-28-15-14-27-22-33(43-35(41)25(2)3)31(38-18-10-8-11-19-38)24-37(27,6)29(28)16-17-36(30,5)34(32)42-26(4)40/h25,27-34H,7-24H2,1-6H3/q+1/t27-,28?,29?,30?,31-,32-,33-,34-,36-,37-/m0/s1. The van der Waals surface area contributed by atoms with Gasteiger partial charge in [-0.3, -0.25) is 14.5 Å². The van der Waals surface area contributed by atoms with Crippen LogP contribution >= 0.6 is 0 Å². The van der Waals surface area contributed by atoms with Crippen LogP contribution in [0.15, 0.2) is 0 Å². The molecule has 10 atom stereocenters. The Balaban J connectivity index is 1.29. The van der Waals surface area contributed by atoms with Crippen molar-refractivity contribution >= 4 is 11.9 Å². The highest BCUT2D eigenvalue weighted by molar-refractivity contribution is 5.71. The number of fused-ring (bicyclic) bond motifs is 5. The summed E-state index contributed by atoms with van der Waals surface area (Å²) in [5, 5.41) is 0. The number of quaternary nitrogens is 1.